The minimum absolute atomic E-state index is 0.00205. The maximum Gasteiger partial charge on any atom is 0.233 e. The largest absolute Gasteiger partial charge is 0.493 e. The van der Waals surface area contributed by atoms with E-state index in [1.54, 1.807) is 11.8 Å². The molecule has 4 heteroatoms. The number of hydrogen-bond acceptors (Lipinski definition) is 3. The van der Waals surface area contributed by atoms with Gasteiger partial charge in [-0.15, -0.1) is 11.8 Å². The van der Waals surface area contributed by atoms with E-state index in [-0.39, 0.29) is 11.2 Å². The lowest BCUT2D eigenvalue weighted by atomic mass is 10.2. The van der Waals surface area contributed by atoms with Crippen molar-refractivity contribution in [3.05, 3.63) is 29.8 Å². The van der Waals surface area contributed by atoms with E-state index in [0.29, 0.717) is 12.6 Å². The first-order valence-electron chi connectivity index (χ1n) is 6.76. The van der Waals surface area contributed by atoms with Crippen LogP contribution in [0.3, 0.4) is 0 Å². The second kappa shape index (κ2) is 6.85. The topological polar surface area (TPSA) is 38.3 Å². The van der Waals surface area contributed by atoms with Crippen LogP contribution in [-0.4, -0.2) is 29.6 Å². The summed E-state index contributed by atoms with van der Waals surface area (Å²) in [7, 11) is 0. The fourth-order valence-electron chi connectivity index (χ4n) is 1.64. The zero-order valence-corrected chi connectivity index (χ0v) is 12.3. The summed E-state index contributed by atoms with van der Waals surface area (Å²) >= 11 is 1.64. The Kier molecular flexibility index (Phi) is 5.14. The van der Waals surface area contributed by atoms with Crippen LogP contribution in [0.4, 0.5) is 0 Å². The summed E-state index contributed by atoms with van der Waals surface area (Å²) in [4.78, 5) is 11.7. The lowest BCUT2D eigenvalue weighted by molar-refractivity contribution is -0.120. The Morgan fingerprint density at radius 1 is 1.42 bits per heavy atom. The van der Waals surface area contributed by atoms with E-state index in [2.05, 4.69) is 12.2 Å². The average molecular weight is 279 g/mol. The summed E-state index contributed by atoms with van der Waals surface area (Å²) in [5.41, 5.74) is 1.23. The number of carbonyl (C=O) groups is 1. The fraction of sp³-hybridized carbons (Fsp3) is 0.533. The monoisotopic (exact) mass is 279 g/mol. The maximum atomic E-state index is 11.7. The van der Waals surface area contributed by atoms with Crippen molar-refractivity contribution in [2.45, 2.75) is 38.0 Å². The molecule has 0 spiro atoms. The summed E-state index contributed by atoms with van der Waals surface area (Å²) in [6.07, 6.45) is 2.28. The van der Waals surface area contributed by atoms with Gasteiger partial charge >= 0.3 is 0 Å². The Morgan fingerprint density at radius 3 is 2.74 bits per heavy atom. The van der Waals surface area contributed by atoms with Gasteiger partial charge in [0.25, 0.3) is 0 Å². The SMILES string of the molecule is Cc1ccc(OCCSC(C)C(=O)NC2CC2)cc1. The molecule has 1 N–H and O–H groups in total. The van der Waals surface area contributed by atoms with E-state index in [9.17, 15) is 4.79 Å². The molecule has 1 aromatic rings. The lowest BCUT2D eigenvalue weighted by Gasteiger charge is -2.12. The molecular weight excluding hydrogens is 258 g/mol. The molecule has 2 rings (SSSR count). The fourth-order valence-corrected chi connectivity index (χ4v) is 2.39. The van der Waals surface area contributed by atoms with Crippen LogP contribution in [-0.2, 0) is 4.79 Å². The minimum Gasteiger partial charge on any atom is -0.493 e. The molecular formula is C15H21NO2S. The van der Waals surface area contributed by atoms with Gasteiger partial charge in [0.05, 0.1) is 11.9 Å². The molecule has 0 radical (unpaired) electrons. The van der Waals surface area contributed by atoms with Crippen molar-refractivity contribution >= 4 is 17.7 Å². The van der Waals surface area contributed by atoms with E-state index < -0.39 is 0 Å². The predicted octanol–water partition coefficient (Wildman–Crippen LogP) is 2.77. The quantitative estimate of drug-likeness (QED) is 0.780. The average Bonchev–Trinajstić information content (AvgIpc) is 3.20. The summed E-state index contributed by atoms with van der Waals surface area (Å²) in [5, 5.41) is 3.02. The molecule has 0 saturated heterocycles. The van der Waals surface area contributed by atoms with Crippen molar-refractivity contribution in [3.63, 3.8) is 0 Å². The van der Waals surface area contributed by atoms with Crippen LogP contribution in [0.1, 0.15) is 25.3 Å². The smallest absolute Gasteiger partial charge is 0.233 e. The maximum absolute atomic E-state index is 11.7. The molecule has 1 aromatic carbocycles. The van der Waals surface area contributed by atoms with E-state index in [4.69, 9.17) is 4.74 Å². The molecule has 104 valence electrons. The molecule has 0 bridgehead atoms. The first-order chi connectivity index (χ1) is 9.15. The molecule has 1 fully saturated rings. The van der Waals surface area contributed by atoms with Crippen molar-refractivity contribution in [1.82, 2.24) is 5.32 Å². The van der Waals surface area contributed by atoms with E-state index in [1.807, 2.05) is 31.2 Å². The molecule has 0 aliphatic heterocycles. The Hall–Kier alpha value is -1.16. The highest BCUT2D eigenvalue weighted by Gasteiger charge is 2.25. The highest BCUT2D eigenvalue weighted by molar-refractivity contribution is 8.00. The van der Waals surface area contributed by atoms with Gasteiger partial charge in [-0.3, -0.25) is 4.79 Å². The number of aryl methyl sites for hydroxylation is 1. The number of nitrogens with one attached hydrogen (secondary N) is 1. The third kappa shape index (κ3) is 5.15. The van der Waals surface area contributed by atoms with E-state index in [0.717, 1.165) is 24.3 Å². The van der Waals surface area contributed by atoms with Gasteiger partial charge in [-0.25, -0.2) is 0 Å². The van der Waals surface area contributed by atoms with Gasteiger partial charge in [0, 0.05) is 11.8 Å². The van der Waals surface area contributed by atoms with Crippen molar-refractivity contribution in [1.29, 1.82) is 0 Å². The lowest BCUT2D eigenvalue weighted by Crippen LogP contribution is -2.32. The van der Waals surface area contributed by atoms with Crippen LogP contribution >= 0.6 is 11.8 Å². The molecule has 1 aliphatic rings. The third-order valence-electron chi connectivity index (χ3n) is 3.03. The van der Waals surface area contributed by atoms with Gasteiger partial charge in [-0.2, -0.15) is 0 Å². The van der Waals surface area contributed by atoms with Gasteiger partial charge in [0.1, 0.15) is 5.75 Å². The first-order valence-corrected chi connectivity index (χ1v) is 7.81. The van der Waals surface area contributed by atoms with E-state index in [1.165, 1.54) is 5.56 Å². The standard InChI is InChI=1S/C15H21NO2S/c1-11-3-7-14(8-4-11)18-9-10-19-12(2)15(17)16-13-5-6-13/h3-4,7-8,12-13H,5-6,9-10H2,1-2H3,(H,16,17). The summed E-state index contributed by atoms with van der Waals surface area (Å²) in [5.74, 6) is 1.87. The second-order valence-corrected chi connectivity index (χ2v) is 6.41. The van der Waals surface area contributed by atoms with Crippen molar-refractivity contribution in [3.8, 4) is 5.75 Å². The van der Waals surface area contributed by atoms with Crippen LogP contribution in [0.15, 0.2) is 24.3 Å². The van der Waals surface area contributed by atoms with Crippen molar-refractivity contribution in [2.75, 3.05) is 12.4 Å². The molecule has 1 saturated carbocycles. The highest BCUT2D eigenvalue weighted by atomic mass is 32.2. The number of benzene rings is 1. The molecule has 1 unspecified atom stereocenters. The molecule has 1 atom stereocenters. The Labute approximate surface area is 119 Å². The van der Waals surface area contributed by atoms with Gasteiger partial charge in [0.2, 0.25) is 5.91 Å². The van der Waals surface area contributed by atoms with Gasteiger partial charge < -0.3 is 10.1 Å². The number of carbonyl (C=O) groups excluding carboxylic acids is 1. The predicted molar refractivity (Wildman–Crippen MR) is 79.8 cm³/mol. The molecule has 3 nitrogen and oxygen atoms in total. The molecule has 0 heterocycles. The van der Waals surface area contributed by atoms with Crippen LogP contribution in [0.25, 0.3) is 0 Å². The zero-order valence-electron chi connectivity index (χ0n) is 11.5. The molecule has 1 aliphatic carbocycles. The number of rotatable bonds is 7. The summed E-state index contributed by atoms with van der Waals surface area (Å²) in [6.45, 7) is 4.64. The van der Waals surface area contributed by atoms with Gasteiger partial charge in [0.15, 0.2) is 0 Å². The number of hydrogen-bond donors (Lipinski definition) is 1. The number of ether oxygens (including phenoxy) is 1. The van der Waals surface area contributed by atoms with Crippen LogP contribution in [0.2, 0.25) is 0 Å². The van der Waals surface area contributed by atoms with E-state index >= 15 is 0 Å². The molecule has 19 heavy (non-hydrogen) atoms. The zero-order chi connectivity index (χ0) is 13.7. The third-order valence-corrected chi connectivity index (χ3v) is 4.15. The van der Waals surface area contributed by atoms with Crippen molar-refractivity contribution in [2.24, 2.45) is 0 Å². The highest BCUT2D eigenvalue weighted by Crippen LogP contribution is 2.20. The van der Waals surface area contributed by atoms with Gasteiger partial charge in [-0.05, 0) is 38.8 Å². The first kappa shape index (κ1) is 14.3. The summed E-state index contributed by atoms with van der Waals surface area (Å²) in [6, 6.07) is 8.47. The second-order valence-electron chi connectivity index (χ2n) is 4.96. The van der Waals surface area contributed by atoms with Gasteiger partial charge in [-0.1, -0.05) is 17.7 Å². The molecule has 0 aromatic heterocycles. The Morgan fingerprint density at radius 2 is 2.11 bits per heavy atom. The van der Waals surface area contributed by atoms with Crippen LogP contribution in [0, 0.1) is 6.92 Å². The molecule has 1 amide bonds. The number of thioether (sulfide) groups is 1. The number of amides is 1. The Bertz CT molecular complexity index is 415. The Balaban J connectivity index is 1.60. The minimum atomic E-state index is 0.00205. The van der Waals surface area contributed by atoms with Crippen molar-refractivity contribution < 1.29 is 9.53 Å². The van der Waals surface area contributed by atoms with Crippen LogP contribution < -0.4 is 10.1 Å². The van der Waals surface area contributed by atoms with Crippen LogP contribution in [0.5, 0.6) is 5.75 Å². The normalized spacial score (nSPS) is 15.9. The summed E-state index contributed by atoms with van der Waals surface area (Å²) < 4.78 is 5.63.